The van der Waals surface area contributed by atoms with Crippen molar-refractivity contribution in [2.45, 2.75) is 119 Å². The van der Waals surface area contributed by atoms with Crippen molar-refractivity contribution in [2.75, 3.05) is 26.2 Å². The SMILES string of the molecule is CCCCN(CCCC)C(=O)CC(C(=O)N(CCCC)CCCC)P(=O)(c1cc(C)ccc1C)c1cc(C)ccc1C. The first-order valence-electron chi connectivity index (χ1n) is 16.4. The molecule has 0 aliphatic rings. The van der Waals surface area contributed by atoms with Gasteiger partial charge in [0.1, 0.15) is 5.66 Å². The summed E-state index contributed by atoms with van der Waals surface area (Å²) in [6.07, 6.45) is 7.46. The normalized spacial score (nSPS) is 12.3. The van der Waals surface area contributed by atoms with Crippen molar-refractivity contribution in [3.8, 4) is 0 Å². The van der Waals surface area contributed by atoms with Gasteiger partial charge in [-0.3, -0.25) is 9.59 Å². The highest BCUT2D eigenvalue weighted by molar-refractivity contribution is 7.80. The summed E-state index contributed by atoms with van der Waals surface area (Å²) in [5.74, 6) is -0.196. The molecule has 2 amide bonds. The van der Waals surface area contributed by atoms with Gasteiger partial charge < -0.3 is 14.4 Å². The van der Waals surface area contributed by atoms with E-state index in [1.165, 1.54) is 0 Å². The van der Waals surface area contributed by atoms with E-state index in [1.54, 1.807) is 0 Å². The average Bonchev–Trinajstić information content (AvgIpc) is 2.97. The molecule has 0 aliphatic carbocycles. The van der Waals surface area contributed by atoms with Crippen LogP contribution in [-0.2, 0) is 14.2 Å². The van der Waals surface area contributed by atoms with Crippen LogP contribution in [0.5, 0.6) is 0 Å². The fraction of sp³-hybridized carbons (Fsp3) is 0.611. The number of unbranched alkanes of at least 4 members (excludes halogenated alkanes) is 4. The predicted molar refractivity (Wildman–Crippen MR) is 180 cm³/mol. The van der Waals surface area contributed by atoms with Gasteiger partial charge in [-0.05, 0) is 76.6 Å². The highest BCUT2D eigenvalue weighted by Crippen LogP contribution is 2.52. The summed E-state index contributed by atoms with van der Waals surface area (Å²) in [5.41, 5.74) is 2.85. The Morgan fingerprint density at radius 1 is 0.643 bits per heavy atom. The number of aryl methyl sites for hydroxylation is 4. The van der Waals surface area contributed by atoms with Gasteiger partial charge in [-0.2, -0.15) is 0 Å². The number of hydrogen-bond donors (Lipinski definition) is 0. The summed E-state index contributed by atoms with van der Waals surface area (Å²) in [6.45, 7) is 19.1. The van der Waals surface area contributed by atoms with Gasteiger partial charge in [0.2, 0.25) is 11.8 Å². The zero-order valence-electron chi connectivity index (χ0n) is 27.8. The number of hydrogen-bond acceptors (Lipinski definition) is 3. The van der Waals surface area contributed by atoms with Crippen LogP contribution in [0.3, 0.4) is 0 Å². The van der Waals surface area contributed by atoms with Crippen molar-refractivity contribution < 1.29 is 14.2 Å². The van der Waals surface area contributed by atoms with Crippen LogP contribution >= 0.6 is 7.14 Å². The molecule has 1 atom stereocenters. The van der Waals surface area contributed by atoms with Gasteiger partial charge in [-0.15, -0.1) is 0 Å². The van der Waals surface area contributed by atoms with E-state index in [4.69, 9.17) is 0 Å². The second-order valence-corrected chi connectivity index (χ2v) is 15.0. The van der Waals surface area contributed by atoms with Gasteiger partial charge in [0.15, 0.2) is 7.14 Å². The molecule has 42 heavy (non-hydrogen) atoms. The van der Waals surface area contributed by atoms with Crippen LogP contribution in [0, 0.1) is 27.7 Å². The third kappa shape index (κ3) is 9.30. The van der Waals surface area contributed by atoms with Gasteiger partial charge in [0, 0.05) is 43.2 Å². The Hall–Kier alpha value is -2.39. The fourth-order valence-electron chi connectivity index (χ4n) is 5.59. The highest BCUT2D eigenvalue weighted by atomic mass is 31.2. The van der Waals surface area contributed by atoms with Gasteiger partial charge in [0.05, 0.1) is 0 Å². The predicted octanol–water partition coefficient (Wildman–Crippen LogP) is 7.85. The van der Waals surface area contributed by atoms with Crippen molar-refractivity contribution in [2.24, 2.45) is 0 Å². The molecule has 0 saturated carbocycles. The molecule has 0 spiro atoms. The number of nitrogens with zero attached hydrogens (tertiary/aromatic N) is 2. The number of carbonyl (C=O) groups is 2. The van der Waals surface area contributed by atoms with Gasteiger partial charge in [-0.1, -0.05) is 88.8 Å². The molecule has 5 nitrogen and oxygen atoms in total. The molecule has 0 aliphatic heterocycles. The van der Waals surface area contributed by atoms with Gasteiger partial charge >= 0.3 is 0 Å². The van der Waals surface area contributed by atoms with Crippen molar-refractivity contribution in [1.82, 2.24) is 9.80 Å². The quantitative estimate of drug-likeness (QED) is 0.165. The van der Waals surface area contributed by atoms with E-state index in [2.05, 4.69) is 27.7 Å². The molecule has 6 heteroatoms. The van der Waals surface area contributed by atoms with E-state index < -0.39 is 12.8 Å². The molecular weight excluding hydrogens is 539 g/mol. The van der Waals surface area contributed by atoms with Crippen molar-refractivity contribution in [1.29, 1.82) is 0 Å². The maximum absolute atomic E-state index is 16.1. The summed E-state index contributed by atoms with van der Waals surface area (Å²) < 4.78 is 16.1. The van der Waals surface area contributed by atoms with Crippen LogP contribution in [0.15, 0.2) is 36.4 Å². The molecule has 2 aromatic carbocycles. The summed E-state index contributed by atoms with van der Waals surface area (Å²) >= 11 is 0. The molecule has 0 aromatic heterocycles. The molecule has 0 radical (unpaired) electrons. The molecule has 2 rings (SSSR count). The smallest absolute Gasteiger partial charge is 0.234 e. The minimum atomic E-state index is -3.62. The second kappa shape index (κ2) is 17.7. The third-order valence-electron chi connectivity index (χ3n) is 8.33. The average molecular weight is 597 g/mol. The van der Waals surface area contributed by atoms with E-state index in [1.807, 2.05) is 73.9 Å². The number of carbonyl (C=O) groups excluding carboxylic acids is 2. The monoisotopic (exact) mass is 596 g/mol. The summed E-state index contributed by atoms with van der Waals surface area (Å²) in [4.78, 5) is 32.8. The topological polar surface area (TPSA) is 57.7 Å². The molecule has 0 saturated heterocycles. The summed E-state index contributed by atoms with van der Waals surface area (Å²) in [7, 11) is -3.62. The lowest BCUT2D eigenvalue weighted by Crippen LogP contribution is -2.46. The van der Waals surface area contributed by atoms with Crippen molar-refractivity contribution in [3.05, 3.63) is 58.7 Å². The van der Waals surface area contributed by atoms with Crippen LogP contribution in [-0.4, -0.2) is 53.5 Å². The van der Waals surface area contributed by atoms with E-state index in [9.17, 15) is 9.59 Å². The van der Waals surface area contributed by atoms with E-state index >= 15 is 4.57 Å². The molecular formula is C36H57N2O3P. The minimum absolute atomic E-state index is 0.0426. The highest BCUT2D eigenvalue weighted by Gasteiger charge is 2.46. The Labute approximate surface area is 256 Å². The first-order valence-corrected chi connectivity index (χ1v) is 18.1. The summed E-state index contributed by atoms with van der Waals surface area (Å²) in [5, 5.41) is 1.42. The van der Waals surface area contributed by atoms with Crippen LogP contribution < -0.4 is 10.6 Å². The van der Waals surface area contributed by atoms with E-state index in [0.717, 1.165) is 73.6 Å². The molecule has 0 heterocycles. The van der Waals surface area contributed by atoms with Gasteiger partial charge in [-0.25, -0.2) is 0 Å². The maximum Gasteiger partial charge on any atom is 0.234 e. The number of rotatable bonds is 18. The number of amides is 2. The fourth-order valence-corrected chi connectivity index (χ4v) is 9.39. The lowest BCUT2D eigenvalue weighted by atomic mass is 10.1. The van der Waals surface area contributed by atoms with Gasteiger partial charge in [0.25, 0.3) is 0 Å². The van der Waals surface area contributed by atoms with Crippen LogP contribution in [0.4, 0.5) is 0 Å². The summed E-state index contributed by atoms with van der Waals surface area (Å²) in [6, 6.07) is 12.1. The Balaban J connectivity index is 2.85. The maximum atomic E-state index is 16.1. The van der Waals surface area contributed by atoms with Crippen molar-refractivity contribution >= 4 is 29.6 Å². The molecule has 2 aromatic rings. The molecule has 0 N–H and O–H groups in total. The first-order chi connectivity index (χ1) is 20.0. The Morgan fingerprint density at radius 2 is 1.02 bits per heavy atom. The Morgan fingerprint density at radius 3 is 1.40 bits per heavy atom. The Bertz CT molecular complexity index is 1140. The molecule has 0 bridgehead atoms. The minimum Gasteiger partial charge on any atom is -0.343 e. The lowest BCUT2D eigenvalue weighted by Gasteiger charge is -2.35. The van der Waals surface area contributed by atoms with Crippen molar-refractivity contribution in [3.63, 3.8) is 0 Å². The number of benzene rings is 2. The zero-order valence-corrected chi connectivity index (χ0v) is 28.7. The van der Waals surface area contributed by atoms with Crippen LogP contribution in [0.2, 0.25) is 0 Å². The molecule has 234 valence electrons. The standard InChI is InChI=1S/C36H57N2O3P/c1-9-13-21-37(22-14-10-2)35(39)27-34(36(40)38(23-15-11-3)24-16-12-4)42(41,32-25-28(5)17-19-30(32)7)33-26-29(6)18-20-31(33)8/h17-20,25-26,34H,9-16,21-24,27H2,1-8H3. The molecule has 1 unspecified atom stereocenters. The first kappa shape index (κ1) is 35.8. The van der Waals surface area contributed by atoms with Crippen LogP contribution in [0.25, 0.3) is 0 Å². The molecule has 0 fully saturated rings. The van der Waals surface area contributed by atoms with Crippen LogP contribution in [0.1, 0.15) is 108 Å². The van der Waals surface area contributed by atoms with E-state index in [0.29, 0.717) is 36.8 Å². The largest absolute Gasteiger partial charge is 0.343 e. The van der Waals surface area contributed by atoms with E-state index in [-0.39, 0.29) is 18.2 Å². The Kier molecular flexibility index (Phi) is 15.1. The second-order valence-electron chi connectivity index (χ2n) is 12.1. The third-order valence-corrected chi connectivity index (χ3v) is 12.0. The lowest BCUT2D eigenvalue weighted by molar-refractivity contribution is -0.136. The zero-order chi connectivity index (χ0) is 31.3.